The van der Waals surface area contributed by atoms with E-state index in [-0.39, 0.29) is 21.5 Å². The lowest BCUT2D eigenvalue weighted by atomic mass is 10.4. The van der Waals surface area contributed by atoms with Gasteiger partial charge in [-0.05, 0) is 0 Å². The molecule has 1 aromatic rings. The van der Waals surface area contributed by atoms with E-state index in [1.807, 2.05) is 0 Å². The highest BCUT2D eigenvalue weighted by Gasteiger charge is 2.16. The van der Waals surface area contributed by atoms with Crippen LogP contribution in [0.3, 0.4) is 0 Å². The van der Waals surface area contributed by atoms with Gasteiger partial charge in [0.1, 0.15) is 4.88 Å². The monoisotopic (exact) mass is 219 g/mol. The maximum absolute atomic E-state index is 10.7. The number of thiophene rings is 1. The zero-order chi connectivity index (χ0) is 10.0. The highest BCUT2D eigenvalue weighted by Crippen LogP contribution is 2.32. The fourth-order valence-electron chi connectivity index (χ4n) is 0.787. The van der Waals surface area contributed by atoms with Gasteiger partial charge in [0.2, 0.25) is 5.91 Å². The molecule has 0 radical (unpaired) electrons. The molecule has 0 bridgehead atoms. The van der Waals surface area contributed by atoms with Gasteiger partial charge in [0.15, 0.2) is 0 Å². The van der Waals surface area contributed by atoms with Crippen LogP contribution in [-0.2, 0) is 4.79 Å². The summed E-state index contributed by atoms with van der Waals surface area (Å²) in [6, 6.07) is 0. The minimum atomic E-state index is -1.10. The van der Waals surface area contributed by atoms with Crippen molar-refractivity contribution in [3.63, 3.8) is 0 Å². The summed E-state index contributed by atoms with van der Waals surface area (Å²) in [5.41, 5.74) is 0.173. The van der Waals surface area contributed by atoms with Gasteiger partial charge in [-0.1, -0.05) is 11.6 Å². The molecule has 1 aromatic heterocycles. The number of carboxylic acid groups (broad SMARTS) is 1. The quantitative estimate of drug-likeness (QED) is 0.800. The van der Waals surface area contributed by atoms with Crippen LogP contribution in [-0.4, -0.2) is 17.0 Å². The summed E-state index contributed by atoms with van der Waals surface area (Å²) in [5, 5.41) is 12.8. The van der Waals surface area contributed by atoms with Crippen molar-refractivity contribution in [3.05, 3.63) is 15.3 Å². The first-order valence-corrected chi connectivity index (χ1v) is 4.56. The Kier molecular flexibility index (Phi) is 2.90. The first-order valence-electron chi connectivity index (χ1n) is 3.30. The van der Waals surface area contributed by atoms with Crippen molar-refractivity contribution in [2.45, 2.75) is 6.92 Å². The summed E-state index contributed by atoms with van der Waals surface area (Å²) < 4.78 is 0. The summed E-state index contributed by atoms with van der Waals surface area (Å²) in [5.74, 6) is -1.44. The molecule has 0 aliphatic carbocycles. The van der Waals surface area contributed by atoms with Gasteiger partial charge in [-0.3, -0.25) is 4.79 Å². The number of amides is 1. The molecule has 0 aliphatic heterocycles. The van der Waals surface area contributed by atoms with Gasteiger partial charge in [0.05, 0.1) is 10.7 Å². The first-order chi connectivity index (χ1) is 6.02. The van der Waals surface area contributed by atoms with Gasteiger partial charge in [-0.15, -0.1) is 11.3 Å². The molecule has 0 fully saturated rings. The maximum atomic E-state index is 10.7. The second kappa shape index (κ2) is 3.76. The molecule has 70 valence electrons. The van der Waals surface area contributed by atoms with Gasteiger partial charge in [0, 0.05) is 12.3 Å². The molecule has 1 heterocycles. The minimum Gasteiger partial charge on any atom is -0.477 e. The molecule has 0 aliphatic rings. The van der Waals surface area contributed by atoms with Crippen molar-refractivity contribution in [1.82, 2.24) is 0 Å². The number of hydrogen-bond donors (Lipinski definition) is 2. The van der Waals surface area contributed by atoms with Crippen LogP contribution in [0.15, 0.2) is 5.38 Å². The molecule has 0 atom stereocenters. The molecule has 6 heteroatoms. The van der Waals surface area contributed by atoms with Crippen LogP contribution in [0.1, 0.15) is 16.6 Å². The maximum Gasteiger partial charge on any atom is 0.348 e. The van der Waals surface area contributed by atoms with Gasteiger partial charge in [-0.2, -0.15) is 0 Å². The SMILES string of the molecule is CC(=O)Nc1c(Cl)csc1C(=O)O. The van der Waals surface area contributed by atoms with E-state index in [0.717, 1.165) is 11.3 Å². The predicted octanol–water partition coefficient (Wildman–Crippen LogP) is 2.06. The Morgan fingerprint density at radius 3 is 2.69 bits per heavy atom. The van der Waals surface area contributed by atoms with E-state index in [4.69, 9.17) is 16.7 Å². The molecular weight excluding hydrogens is 214 g/mol. The number of carboxylic acids is 1. The molecular formula is C7H6ClNO3S. The fraction of sp³-hybridized carbons (Fsp3) is 0.143. The van der Waals surface area contributed by atoms with Crippen LogP contribution < -0.4 is 5.32 Å². The Labute approximate surface area is 83.1 Å². The normalized spacial score (nSPS) is 9.69. The van der Waals surface area contributed by atoms with Gasteiger partial charge < -0.3 is 10.4 Å². The summed E-state index contributed by atoms with van der Waals surface area (Å²) in [6.45, 7) is 1.29. The number of anilines is 1. The van der Waals surface area contributed by atoms with Crippen molar-refractivity contribution in [1.29, 1.82) is 0 Å². The predicted molar refractivity (Wildman–Crippen MR) is 50.6 cm³/mol. The Hall–Kier alpha value is -1.07. The van der Waals surface area contributed by atoms with Crippen LogP contribution in [0.4, 0.5) is 5.69 Å². The molecule has 13 heavy (non-hydrogen) atoms. The number of rotatable bonds is 2. The second-order valence-corrected chi connectivity index (χ2v) is 3.56. The third kappa shape index (κ3) is 2.19. The zero-order valence-corrected chi connectivity index (χ0v) is 8.20. The third-order valence-electron chi connectivity index (χ3n) is 1.24. The summed E-state index contributed by atoms with van der Waals surface area (Å²) in [4.78, 5) is 21.3. The largest absolute Gasteiger partial charge is 0.477 e. The van der Waals surface area contributed by atoms with Crippen molar-refractivity contribution in [2.24, 2.45) is 0 Å². The van der Waals surface area contributed by atoms with Gasteiger partial charge in [-0.25, -0.2) is 4.79 Å². The molecule has 1 amide bonds. The third-order valence-corrected chi connectivity index (χ3v) is 2.64. The number of carbonyl (C=O) groups is 2. The van der Waals surface area contributed by atoms with E-state index < -0.39 is 5.97 Å². The van der Waals surface area contributed by atoms with Crippen LogP contribution in [0.5, 0.6) is 0 Å². The van der Waals surface area contributed by atoms with Crippen molar-refractivity contribution in [3.8, 4) is 0 Å². The van der Waals surface area contributed by atoms with Crippen LogP contribution >= 0.6 is 22.9 Å². The lowest BCUT2D eigenvalue weighted by Gasteiger charge is -2.00. The molecule has 0 aromatic carbocycles. The van der Waals surface area contributed by atoms with E-state index in [1.165, 1.54) is 12.3 Å². The summed E-state index contributed by atoms with van der Waals surface area (Å²) >= 11 is 6.65. The van der Waals surface area contributed by atoms with Crippen LogP contribution in [0, 0.1) is 0 Å². The minimum absolute atomic E-state index is 0.0419. The topological polar surface area (TPSA) is 66.4 Å². The Bertz CT molecular complexity index is 361. The van der Waals surface area contributed by atoms with Gasteiger partial charge >= 0.3 is 5.97 Å². The van der Waals surface area contributed by atoms with Crippen molar-refractivity contribution < 1.29 is 14.7 Å². The molecule has 4 nitrogen and oxygen atoms in total. The molecule has 0 saturated carbocycles. The first kappa shape index (κ1) is 10.0. The average molecular weight is 220 g/mol. The number of halogens is 1. The lowest BCUT2D eigenvalue weighted by Crippen LogP contribution is -2.08. The van der Waals surface area contributed by atoms with Crippen molar-refractivity contribution >= 4 is 40.5 Å². The Morgan fingerprint density at radius 1 is 1.62 bits per heavy atom. The highest BCUT2D eigenvalue weighted by atomic mass is 35.5. The van der Waals surface area contributed by atoms with E-state index in [1.54, 1.807) is 0 Å². The molecule has 0 saturated heterocycles. The molecule has 1 rings (SSSR count). The second-order valence-electron chi connectivity index (χ2n) is 2.27. The summed E-state index contributed by atoms with van der Waals surface area (Å²) in [7, 11) is 0. The van der Waals surface area contributed by atoms with E-state index in [0.29, 0.717) is 0 Å². The van der Waals surface area contributed by atoms with E-state index in [9.17, 15) is 9.59 Å². The average Bonchev–Trinajstić information content (AvgIpc) is 2.32. The molecule has 0 unspecified atom stereocenters. The van der Waals surface area contributed by atoms with Crippen LogP contribution in [0.25, 0.3) is 0 Å². The molecule has 2 N–H and O–H groups in total. The number of aromatic carboxylic acids is 1. The lowest BCUT2D eigenvalue weighted by molar-refractivity contribution is -0.114. The van der Waals surface area contributed by atoms with Crippen molar-refractivity contribution in [2.75, 3.05) is 5.32 Å². The molecule has 0 spiro atoms. The number of nitrogens with one attached hydrogen (secondary N) is 1. The Balaban J connectivity index is 3.08. The highest BCUT2D eigenvalue weighted by molar-refractivity contribution is 7.13. The number of carbonyl (C=O) groups excluding carboxylic acids is 1. The zero-order valence-electron chi connectivity index (χ0n) is 6.63. The Morgan fingerprint density at radius 2 is 2.23 bits per heavy atom. The summed E-state index contributed by atoms with van der Waals surface area (Å²) in [6.07, 6.45) is 0. The van der Waals surface area contributed by atoms with Crippen LogP contribution in [0.2, 0.25) is 5.02 Å². The number of hydrogen-bond acceptors (Lipinski definition) is 3. The smallest absolute Gasteiger partial charge is 0.348 e. The van der Waals surface area contributed by atoms with Gasteiger partial charge in [0.25, 0.3) is 0 Å². The van der Waals surface area contributed by atoms with E-state index in [2.05, 4.69) is 5.32 Å². The van der Waals surface area contributed by atoms with E-state index >= 15 is 0 Å². The fourth-order valence-corrected chi connectivity index (χ4v) is 1.84. The standard InChI is InChI=1S/C7H6ClNO3S/c1-3(10)9-5-4(8)2-13-6(5)7(11)12/h2H,1H3,(H,9,10)(H,11,12).